The Bertz CT molecular complexity index is 358. The van der Waals surface area contributed by atoms with Gasteiger partial charge in [-0.1, -0.05) is 49.1 Å². The molecule has 2 nitrogen and oxygen atoms in total. The van der Waals surface area contributed by atoms with Gasteiger partial charge < -0.3 is 10.1 Å². The average molecular weight is 247 g/mol. The molecule has 0 bridgehead atoms. The smallest absolute Gasteiger partial charge is 0.0665 e. The van der Waals surface area contributed by atoms with E-state index in [1.165, 1.54) is 43.2 Å². The van der Waals surface area contributed by atoms with E-state index in [1.807, 2.05) is 7.05 Å². The van der Waals surface area contributed by atoms with Gasteiger partial charge in [-0.15, -0.1) is 0 Å². The largest absolute Gasteiger partial charge is 0.376 e. The monoisotopic (exact) mass is 247 g/mol. The van der Waals surface area contributed by atoms with Crippen molar-refractivity contribution in [3.8, 4) is 0 Å². The molecule has 0 radical (unpaired) electrons. The molecule has 2 rings (SSSR count). The van der Waals surface area contributed by atoms with Gasteiger partial charge in [0.2, 0.25) is 0 Å². The van der Waals surface area contributed by atoms with E-state index in [1.54, 1.807) is 0 Å². The number of ether oxygens (including phenoxy) is 1. The second-order valence-electron chi connectivity index (χ2n) is 5.35. The molecule has 1 fully saturated rings. The van der Waals surface area contributed by atoms with Crippen LogP contribution >= 0.6 is 0 Å². The highest BCUT2D eigenvalue weighted by Gasteiger charge is 2.16. The molecule has 1 aromatic carbocycles. The van der Waals surface area contributed by atoms with E-state index in [-0.39, 0.29) is 0 Å². The van der Waals surface area contributed by atoms with Crippen LogP contribution in [0.25, 0.3) is 0 Å². The van der Waals surface area contributed by atoms with Crippen molar-refractivity contribution in [2.45, 2.75) is 51.2 Å². The molecule has 0 aromatic heterocycles. The first-order valence-corrected chi connectivity index (χ1v) is 7.15. The van der Waals surface area contributed by atoms with Gasteiger partial charge in [0, 0.05) is 0 Å². The number of rotatable bonds is 5. The molecular weight excluding hydrogens is 222 g/mol. The first kappa shape index (κ1) is 13.6. The number of likely N-dealkylation sites (N-methyl/N-ethyl adjacent to an activating group) is 1. The van der Waals surface area contributed by atoms with E-state index in [4.69, 9.17) is 4.74 Å². The van der Waals surface area contributed by atoms with Gasteiger partial charge in [-0.25, -0.2) is 0 Å². The normalized spacial score (nSPS) is 18.8. The Morgan fingerprint density at radius 2 is 2.06 bits per heavy atom. The molecule has 0 aliphatic heterocycles. The van der Waals surface area contributed by atoms with Gasteiger partial charge in [0.05, 0.1) is 18.8 Å². The highest BCUT2D eigenvalue weighted by atomic mass is 16.5. The molecule has 1 N–H and O–H groups in total. The predicted octanol–water partition coefficient (Wildman–Crippen LogP) is 3.60. The van der Waals surface area contributed by atoms with E-state index in [0.717, 1.165) is 6.61 Å². The van der Waals surface area contributed by atoms with Crippen LogP contribution in [0.5, 0.6) is 0 Å². The maximum Gasteiger partial charge on any atom is 0.0665 e. The fourth-order valence-electron chi connectivity index (χ4n) is 2.70. The zero-order chi connectivity index (χ0) is 12.8. The molecule has 0 heterocycles. The summed E-state index contributed by atoms with van der Waals surface area (Å²) in [5.41, 5.74) is 2.64. The number of benzene rings is 1. The third-order valence-electron chi connectivity index (χ3n) is 3.84. The molecule has 18 heavy (non-hydrogen) atoms. The summed E-state index contributed by atoms with van der Waals surface area (Å²) in [4.78, 5) is 0. The van der Waals surface area contributed by atoms with E-state index >= 15 is 0 Å². The molecule has 1 atom stereocenters. The lowest BCUT2D eigenvalue weighted by Crippen LogP contribution is -2.26. The summed E-state index contributed by atoms with van der Waals surface area (Å²) >= 11 is 0. The average Bonchev–Trinajstić information content (AvgIpc) is 2.41. The maximum atomic E-state index is 6.07. The fraction of sp³-hybridized carbons (Fsp3) is 0.625. The zero-order valence-electron chi connectivity index (χ0n) is 11.6. The van der Waals surface area contributed by atoms with E-state index < -0.39 is 0 Å². The first-order valence-electron chi connectivity index (χ1n) is 7.15. The summed E-state index contributed by atoms with van der Waals surface area (Å²) in [6.45, 7) is 2.92. The molecule has 1 aliphatic carbocycles. The quantitative estimate of drug-likeness (QED) is 0.858. The van der Waals surface area contributed by atoms with Crippen LogP contribution in [0.15, 0.2) is 24.3 Å². The lowest BCUT2D eigenvalue weighted by molar-refractivity contribution is 0.0165. The first-order chi connectivity index (χ1) is 8.79. The van der Waals surface area contributed by atoms with Crippen molar-refractivity contribution in [3.63, 3.8) is 0 Å². The van der Waals surface area contributed by atoms with Crippen molar-refractivity contribution < 1.29 is 4.74 Å². The van der Waals surface area contributed by atoms with Gasteiger partial charge in [-0.05, 0) is 32.4 Å². The maximum absolute atomic E-state index is 6.07. The standard InChI is InChI=1S/C16H25NO/c1-13-7-6-8-14(11-13)16(17-2)12-18-15-9-4-3-5-10-15/h6-8,11,15-17H,3-5,9-10,12H2,1-2H3. The molecule has 1 aliphatic rings. The van der Waals surface area contributed by atoms with E-state index in [9.17, 15) is 0 Å². The Kier molecular flexibility index (Phi) is 5.21. The van der Waals surface area contributed by atoms with E-state index in [2.05, 4.69) is 36.5 Å². The summed E-state index contributed by atoms with van der Waals surface area (Å²) in [6, 6.07) is 8.99. The molecule has 2 heteroatoms. The SMILES string of the molecule is CNC(COC1CCCCC1)c1cccc(C)c1. The topological polar surface area (TPSA) is 21.3 Å². The Balaban J connectivity index is 1.88. The molecule has 1 aromatic rings. The summed E-state index contributed by atoms with van der Waals surface area (Å²) in [6.07, 6.45) is 7.01. The summed E-state index contributed by atoms with van der Waals surface area (Å²) < 4.78 is 6.07. The Labute approximate surface area is 111 Å². The lowest BCUT2D eigenvalue weighted by atomic mass is 9.97. The molecule has 0 amide bonds. The highest BCUT2D eigenvalue weighted by molar-refractivity contribution is 5.25. The minimum Gasteiger partial charge on any atom is -0.376 e. The van der Waals surface area contributed by atoms with Crippen LogP contribution in [0.4, 0.5) is 0 Å². The molecular formula is C16H25NO. The third kappa shape index (κ3) is 3.82. The van der Waals surface area contributed by atoms with Crippen molar-refractivity contribution in [3.05, 3.63) is 35.4 Å². The Morgan fingerprint density at radius 1 is 1.28 bits per heavy atom. The second kappa shape index (κ2) is 6.91. The Hall–Kier alpha value is -0.860. The van der Waals surface area contributed by atoms with E-state index in [0.29, 0.717) is 12.1 Å². The third-order valence-corrected chi connectivity index (χ3v) is 3.84. The van der Waals surface area contributed by atoms with Crippen LogP contribution in [0.3, 0.4) is 0 Å². The summed E-state index contributed by atoms with van der Waals surface area (Å²) in [5.74, 6) is 0. The lowest BCUT2D eigenvalue weighted by Gasteiger charge is -2.25. The minimum absolute atomic E-state index is 0.312. The van der Waals surface area contributed by atoms with Crippen LogP contribution in [0, 0.1) is 6.92 Å². The van der Waals surface area contributed by atoms with Crippen molar-refractivity contribution in [2.24, 2.45) is 0 Å². The van der Waals surface area contributed by atoms with Gasteiger partial charge in [0.15, 0.2) is 0 Å². The van der Waals surface area contributed by atoms with Crippen molar-refractivity contribution >= 4 is 0 Å². The summed E-state index contributed by atoms with van der Waals surface area (Å²) in [7, 11) is 2.01. The summed E-state index contributed by atoms with van der Waals surface area (Å²) in [5, 5.41) is 3.36. The number of hydrogen-bond donors (Lipinski definition) is 1. The van der Waals surface area contributed by atoms with Gasteiger partial charge >= 0.3 is 0 Å². The number of hydrogen-bond acceptors (Lipinski definition) is 2. The Morgan fingerprint density at radius 3 is 2.72 bits per heavy atom. The molecule has 100 valence electrons. The number of aryl methyl sites for hydroxylation is 1. The van der Waals surface area contributed by atoms with Crippen molar-refractivity contribution in [1.29, 1.82) is 0 Å². The molecule has 0 saturated heterocycles. The molecule has 0 spiro atoms. The minimum atomic E-state index is 0.312. The van der Waals surface area contributed by atoms with Gasteiger partial charge in [-0.2, -0.15) is 0 Å². The number of nitrogens with one attached hydrogen (secondary N) is 1. The highest BCUT2D eigenvalue weighted by Crippen LogP contribution is 2.22. The molecule has 1 unspecified atom stereocenters. The van der Waals surface area contributed by atoms with Crippen LogP contribution < -0.4 is 5.32 Å². The van der Waals surface area contributed by atoms with Crippen molar-refractivity contribution in [2.75, 3.05) is 13.7 Å². The zero-order valence-corrected chi connectivity index (χ0v) is 11.6. The van der Waals surface area contributed by atoms with Crippen molar-refractivity contribution in [1.82, 2.24) is 5.32 Å². The van der Waals surface area contributed by atoms with Crippen LogP contribution in [0.1, 0.15) is 49.3 Å². The van der Waals surface area contributed by atoms with Gasteiger partial charge in [0.25, 0.3) is 0 Å². The van der Waals surface area contributed by atoms with Crippen LogP contribution in [0.2, 0.25) is 0 Å². The second-order valence-corrected chi connectivity index (χ2v) is 5.35. The van der Waals surface area contributed by atoms with Gasteiger partial charge in [-0.3, -0.25) is 0 Å². The fourth-order valence-corrected chi connectivity index (χ4v) is 2.70. The molecule has 1 saturated carbocycles. The van der Waals surface area contributed by atoms with Gasteiger partial charge in [0.1, 0.15) is 0 Å². The predicted molar refractivity (Wildman–Crippen MR) is 75.8 cm³/mol. The van der Waals surface area contributed by atoms with Crippen LogP contribution in [-0.4, -0.2) is 19.8 Å². The van der Waals surface area contributed by atoms with Crippen LogP contribution in [-0.2, 0) is 4.74 Å².